The Labute approximate surface area is 160 Å². The van der Waals surface area contributed by atoms with Crippen LogP contribution in [0.4, 0.5) is 8.78 Å². The molecule has 1 heterocycles. The molecule has 1 fully saturated rings. The van der Waals surface area contributed by atoms with E-state index in [1.54, 1.807) is 4.90 Å². The van der Waals surface area contributed by atoms with Crippen LogP contribution < -0.4 is 0 Å². The lowest BCUT2D eigenvalue weighted by Crippen LogP contribution is -2.43. The molecule has 27 heavy (non-hydrogen) atoms. The Morgan fingerprint density at radius 3 is 2.74 bits per heavy atom. The molecular formula is C22H29F2NO2. The molecule has 1 aliphatic heterocycles. The number of likely N-dealkylation sites (tertiary alicyclic amines) is 1. The number of alkyl halides is 2. The highest BCUT2D eigenvalue weighted by Crippen LogP contribution is 2.39. The molecule has 0 aromatic heterocycles. The summed E-state index contributed by atoms with van der Waals surface area (Å²) in [6, 6.07) is 8.20. The minimum atomic E-state index is -2.55. The first kappa shape index (κ1) is 20.2. The highest BCUT2D eigenvalue weighted by atomic mass is 19.3. The normalized spacial score (nSPS) is 27.7. The Balaban J connectivity index is 1.61. The van der Waals surface area contributed by atoms with Gasteiger partial charge in [-0.1, -0.05) is 43.3 Å². The van der Waals surface area contributed by atoms with Gasteiger partial charge in [-0.05, 0) is 36.1 Å². The lowest BCUT2D eigenvalue weighted by molar-refractivity contribution is -0.0683. The molecule has 0 radical (unpaired) electrons. The van der Waals surface area contributed by atoms with E-state index in [1.165, 1.54) is 5.56 Å². The molecule has 3 nitrogen and oxygen atoms in total. The van der Waals surface area contributed by atoms with Gasteiger partial charge >= 0.3 is 0 Å². The van der Waals surface area contributed by atoms with Crippen molar-refractivity contribution >= 4 is 5.57 Å². The Morgan fingerprint density at radius 2 is 2.07 bits per heavy atom. The SMILES string of the molecule is Cc1ccccc1C1=CC=CC(CO)(OCCCN2CCC(F)(F)C2)C1C. The van der Waals surface area contributed by atoms with Gasteiger partial charge in [-0.25, -0.2) is 8.78 Å². The van der Waals surface area contributed by atoms with E-state index in [0.29, 0.717) is 26.1 Å². The van der Waals surface area contributed by atoms with Gasteiger partial charge in [-0.15, -0.1) is 0 Å². The Hall–Kier alpha value is -1.56. The van der Waals surface area contributed by atoms with E-state index in [2.05, 4.69) is 32.1 Å². The molecule has 0 spiro atoms. The van der Waals surface area contributed by atoms with E-state index in [1.807, 2.05) is 24.3 Å². The maximum Gasteiger partial charge on any atom is 0.261 e. The minimum Gasteiger partial charge on any atom is -0.393 e. The summed E-state index contributed by atoms with van der Waals surface area (Å²) in [6.45, 7) is 5.33. The number of hydrogen-bond donors (Lipinski definition) is 1. The van der Waals surface area contributed by atoms with Crippen LogP contribution in [0.15, 0.2) is 42.5 Å². The number of benzene rings is 1. The predicted octanol–water partition coefficient (Wildman–Crippen LogP) is 4.06. The van der Waals surface area contributed by atoms with E-state index in [4.69, 9.17) is 4.74 Å². The monoisotopic (exact) mass is 377 g/mol. The summed E-state index contributed by atoms with van der Waals surface area (Å²) in [5.41, 5.74) is 2.72. The van der Waals surface area contributed by atoms with E-state index >= 15 is 0 Å². The molecule has 1 saturated heterocycles. The number of rotatable bonds is 7. The molecule has 1 aromatic carbocycles. The number of aryl methyl sites for hydroxylation is 1. The van der Waals surface area contributed by atoms with Crippen molar-refractivity contribution < 1.29 is 18.6 Å². The molecule has 1 aromatic rings. The van der Waals surface area contributed by atoms with Gasteiger partial charge in [-0.2, -0.15) is 0 Å². The van der Waals surface area contributed by atoms with Gasteiger partial charge in [0, 0.05) is 32.0 Å². The second-order valence-electron chi connectivity index (χ2n) is 7.71. The number of halogens is 2. The van der Waals surface area contributed by atoms with Crippen LogP contribution in [0.5, 0.6) is 0 Å². The third-order valence-electron chi connectivity index (χ3n) is 5.79. The molecule has 0 saturated carbocycles. The smallest absolute Gasteiger partial charge is 0.261 e. The molecule has 5 heteroatoms. The summed E-state index contributed by atoms with van der Waals surface area (Å²) in [5, 5.41) is 10.1. The zero-order valence-electron chi connectivity index (χ0n) is 16.1. The van der Waals surface area contributed by atoms with Crippen LogP contribution in [-0.4, -0.2) is 54.4 Å². The highest BCUT2D eigenvalue weighted by Gasteiger charge is 2.39. The highest BCUT2D eigenvalue weighted by molar-refractivity contribution is 5.73. The molecule has 1 aliphatic carbocycles. The van der Waals surface area contributed by atoms with Gasteiger partial charge in [0.05, 0.1) is 13.2 Å². The lowest BCUT2D eigenvalue weighted by Gasteiger charge is -2.39. The summed E-state index contributed by atoms with van der Waals surface area (Å²) in [4.78, 5) is 1.79. The second-order valence-corrected chi connectivity index (χ2v) is 7.71. The fourth-order valence-electron chi connectivity index (χ4n) is 4.04. The zero-order chi connectivity index (χ0) is 19.5. The Kier molecular flexibility index (Phi) is 6.14. The molecule has 0 amide bonds. The summed E-state index contributed by atoms with van der Waals surface area (Å²) in [5.74, 6) is -2.56. The Morgan fingerprint density at radius 1 is 1.30 bits per heavy atom. The summed E-state index contributed by atoms with van der Waals surface area (Å²) in [6.07, 6.45) is 6.56. The topological polar surface area (TPSA) is 32.7 Å². The molecule has 2 atom stereocenters. The van der Waals surface area contributed by atoms with Gasteiger partial charge < -0.3 is 9.84 Å². The number of aliphatic hydroxyl groups excluding tert-OH is 1. The van der Waals surface area contributed by atoms with Crippen molar-refractivity contribution in [2.45, 2.75) is 38.2 Å². The average molecular weight is 377 g/mol. The van der Waals surface area contributed by atoms with Crippen molar-refractivity contribution in [3.8, 4) is 0 Å². The van der Waals surface area contributed by atoms with Crippen LogP contribution in [0.25, 0.3) is 5.57 Å². The van der Waals surface area contributed by atoms with Crippen LogP contribution in [-0.2, 0) is 4.74 Å². The van der Waals surface area contributed by atoms with E-state index < -0.39 is 11.5 Å². The van der Waals surface area contributed by atoms with Crippen molar-refractivity contribution in [2.24, 2.45) is 5.92 Å². The lowest BCUT2D eigenvalue weighted by atomic mass is 9.76. The first-order valence-corrected chi connectivity index (χ1v) is 9.67. The fourth-order valence-corrected chi connectivity index (χ4v) is 4.04. The van der Waals surface area contributed by atoms with Gasteiger partial charge in [-0.3, -0.25) is 4.90 Å². The van der Waals surface area contributed by atoms with Crippen LogP contribution in [0.1, 0.15) is 30.9 Å². The zero-order valence-corrected chi connectivity index (χ0v) is 16.1. The standard InChI is InChI=1S/C22H29F2NO2/c1-17-7-3-4-8-19(17)20-9-5-10-21(16-26,18(20)2)27-14-6-12-25-13-11-22(23,24)15-25/h3-5,7-10,18,26H,6,11-16H2,1-2H3. The largest absolute Gasteiger partial charge is 0.393 e. The van der Waals surface area contributed by atoms with Gasteiger partial charge in [0.25, 0.3) is 5.92 Å². The van der Waals surface area contributed by atoms with Crippen LogP contribution in [0.2, 0.25) is 0 Å². The number of hydrogen-bond acceptors (Lipinski definition) is 3. The number of ether oxygens (including phenoxy) is 1. The fraction of sp³-hybridized carbons (Fsp3) is 0.545. The van der Waals surface area contributed by atoms with E-state index in [9.17, 15) is 13.9 Å². The first-order valence-electron chi connectivity index (χ1n) is 9.67. The van der Waals surface area contributed by atoms with Crippen LogP contribution in [0.3, 0.4) is 0 Å². The summed E-state index contributed by atoms with van der Waals surface area (Å²) in [7, 11) is 0. The van der Waals surface area contributed by atoms with E-state index in [0.717, 1.165) is 11.1 Å². The van der Waals surface area contributed by atoms with Crippen molar-refractivity contribution in [1.29, 1.82) is 0 Å². The molecular weight excluding hydrogens is 348 g/mol. The molecule has 148 valence electrons. The second kappa shape index (κ2) is 8.21. The predicted molar refractivity (Wildman–Crippen MR) is 104 cm³/mol. The Bertz CT molecular complexity index is 716. The summed E-state index contributed by atoms with van der Waals surface area (Å²) < 4.78 is 32.7. The van der Waals surface area contributed by atoms with Crippen LogP contribution in [0, 0.1) is 12.8 Å². The maximum absolute atomic E-state index is 13.3. The van der Waals surface area contributed by atoms with Crippen molar-refractivity contribution in [2.75, 3.05) is 32.8 Å². The van der Waals surface area contributed by atoms with Crippen molar-refractivity contribution in [1.82, 2.24) is 4.90 Å². The average Bonchev–Trinajstić information content (AvgIpc) is 3.00. The van der Waals surface area contributed by atoms with Crippen molar-refractivity contribution in [3.05, 3.63) is 53.6 Å². The molecule has 2 unspecified atom stereocenters. The maximum atomic E-state index is 13.3. The third kappa shape index (κ3) is 4.48. The molecule has 3 rings (SSSR count). The molecule has 2 aliphatic rings. The van der Waals surface area contributed by atoms with E-state index in [-0.39, 0.29) is 25.5 Å². The van der Waals surface area contributed by atoms with Gasteiger partial charge in [0.2, 0.25) is 0 Å². The van der Waals surface area contributed by atoms with Gasteiger partial charge in [0.1, 0.15) is 5.60 Å². The third-order valence-corrected chi connectivity index (χ3v) is 5.79. The van der Waals surface area contributed by atoms with Crippen LogP contribution >= 0.6 is 0 Å². The molecule has 1 N–H and O–H groups in total. The number of allylic oxidation sites excluding steroid dienone is 2. The minimum absolute atomic E-state index is 0.00952. The van der Waals surface area contributed by atoms with Gasteiger partial charge in [0.15, 0.2) is 0 Å². The number of nitrogens with zero attached hydrogens (tertiary/aromatic N) is 1. The van der Waals surface area contributed by atoms with Crippen molar-refractivity contribution in [3.63, 3.8) is 0 Å². The summed E-state index contributed by atoms with van der Waals surface area (Å²) >= 11 is 0. The molecule has 0 bridgehead atoms. The quantitative estimate of drug-likeness (QED) is 0.728. The first-order chi connectivity index (χ1) is 12.9. The number of aliphatic hydroxyl groups is 1.